The van der Waals surface area contributed by atoms with Crippen LogP contribution in [0.5, 0.6) is 0 Å². The molecule has 0 aromatic carbocycles. The highest BCUT2D eigenvalue weighted by molar-refractivity contribution is 5.76. The van der Waals surface area contributed by atoms with Crippen molar-refractivity contribution in [1.29, 1.82) is 0 Å². The first-order valence-electron chi connectivity index (χ1n) is 11.8. The molecule has 2 saturated carbocycles. The predicted octanol–water partition coefficient (Wildman–Crippen LogP) is 2.98. The summed E-state index contributed by atoms with van der Waals surface area (Å²) in [7, 11) is 0. The van der Waals surface area contributed by atoms with E-state index in [1.807, 2.05) is 13.8 Å². The minimum atomic E-state index is -0.639. The van der Waals surface area contributed by atoms with E-state index in [1.165, 1.54) is 0 Å². The molecular formula is C24H38N2O6. The second kappa shape index (κ2) is 10.3. The normalized spacial score (nSPS) is 34.4. The Morgan fingerprint density at radius 1 is 1.25 bits per heavy atom. The van der Waals surface area contributed by atoms with Gasteiger partial charge in [-0.1, -0.05) is 20.8 Å². The van der Waals surface area contributed by atoms with Crippen molar-refractivity contribution in [2.75, 3.05) is 13.2 Å². The van der Waals surface area contributed by atoms with E-state index in [2.05, 4.69) is 17.6 Å². The maximum absolute atomic E-state index is 12.7. The van der Waals surface area contributed by atoms with Crippen LogP contribution in [0.3, 0.4) is 0 Å². The van der Waals surface area contributed by atoms with Crippen LogP contribution in [0.4, 0.5) is 4.79 Å². The third kappa shape index (κ3) is 4.96. The monoisotopic (exact) mass is 450 g/mol. The number of alkyl carbamates (subject to hydrolysis) is 1. The maximum Gasteiger partial charge on any atom is 0.407 e. The lowest BCUT2D eigenvalue weighted by molar-refractivity contribution is -0.186. The van der Waals surface area contributed by atoms with Crippen LogP contribution in [0.1, 0.15) is 65.1 Å². The SMILES string of the molecule is CCCNC(=O)O[C@H]1CC[C@@]2(C)[C@H](CC[C@@H](O)[C@H]2CC(=O)NCc2ccco2)[C@]1(C)CO. The summed E-state index contributed by atoms with van der Waals surface area (Å²) in [6.45, 7) is 6.80. The molecule has 6 atom stereocenters. The number of aliphatic hydroxyl groups is 2. The van der Waals surface area contributed by atoms with Crippen molar-refractivity contribution in [3.63, 3.8) is 0 Å². The number of rotatable bonds is 8. The van der Waals surface area contributed by atoms with Crippen LogP contribution in [-0.4, -0.2) is 47.6 Å². The molecule has 0 saturated heterocycles. The number of fused-ring (bicyclic) bond motifs is 1. The Balaban J connectivity index is 1.72. The molecule has 2 aliphatic rings. The molecule has 4 N–H and O–H groups in total. The minimum absolute atomic E-state index is 0.0176. The Labute approximate surface area is 190 Å². The minimum Gasteiger partial charge on any atom is -0.467 e. The summed E-state index contributed by atoms with van der Waals surface area (Å²) in [6.07, 6.45) is 3.72. The van der Waals surface area contributed by atoms with Gasteiger partial charge in [0.25, 0.3) is 0 Å². The van der Waals surface area contributed by atoms with Crippen molar-refractivity contribution < 1.29 is 29.0 Å². The van der Waals surface area contributed by atoms with Gasteiger partial charge < -0.3 is 30.0 Å². The van der Waals surface area contributed by atoms with Gasteiger partial charge in [-0.15, -0.1) is 0 Å². The number of carbonyl (C=O) groups excluding carboxylic acids is 2. The Hall–Kier alpha value is -2.06. The van der Waals surface area contributed by atoms with E-state index < -0.39 is 23.7 Å². The molecule has 2 fully saturated rings. The van der Waals surface area contributed by atoms with Gasteiger partial charge in [0.15, 0.2) is 0 Å². The van der Waals surface area contributed by atoms with Crippen LogP contribution in [-0.2, 0) is 16.1 Å². The number of hydrogen-bond donors (Lipinski definition) is 4. The summed E-state index contributed by atoms with van der Waals surface area (Å²) < 4.78 is 11.0. The van der Waals surface area contributed by atoms with E-state index in [4.69, 9.17) is 9.15 Å². The second-order valence-electron chi connectivity index (χ2n) is 9.89. The quantitative estimate of drug-likeness (QED) is 0.483. The summed E-state index contributed by atoms with van der Waals surface area (Å²) in [6, 6.07) is 3.58. The lowest BCUT2D eigenvalue weighted by Crippen LogP contribution is -2.61. The van der Waals surface area contributed by atoms with E-state index in [9.17, 15) is 19.8 Å². The molecule has 8 nitrogen and oxygen atoms in total. The smallest absolute Gasteiger partial charge is 0.407 e. The average molecular weight is 451 g/mol. The maximum atomic E-state index is 12.7. The van der Waals surface area contributed by atoms with E-state index in [0.717, 1.165) is 12.8 Å². The molecule has 1 aromatic heterocycles. The van der Waals surface area contributed by atoms with Gasteiger partial charge in [-0.3, -0.25) is 4.79 Å². The van der Waals surface area contributed by atoms with Crippen LogP contribution < -0.4 is 10.6 Å². The van der Waals surface area contributed by atoms with Gasteiger partial charge in [0, 0.05) is 18.4 Å². The molecule has 0 spiro atoms. The largest absolute Gasteiger partial charge is 0.467 e. The number of furan rings is 1. The predicted molar refractivity (Wildman–Crippen MR) is 118 cm³/mol. The van der Waals surface area contributed by atoms with Gasteiger partial charge in [0.1, 0.15) is 11.9 Å². The third-order valence-electron chi connectivity index (χ3n) is 7.89. The van der Waals surface area contributed by atoms with Crippen LogP contribution in [0, 0.1) is 22.7 Å². The number of carbonyl (C=O) groups is 2. The van der Waals surface area contributed by atoms with Crippen molar-refractivity contribution >= 4 is 12.0 Å². The number of ether oxygens (including phenoxy) is 1. The summed E-state index contributed by atoms with van der Waals surface area (Å²) >= 11 is 0. The van der Waals surface area contributed by atoms with Crippen molar-refractivity contribution in [2.45, 2.75) is 78.0 Å². The van der Waals surface area contributed by atoms with E-state index in [0.29, 0.717) is 38.1 Å². The molecule has 3 rings (SSSR count). The van der Waals surface area contributed by atoms with Crippen LogP contribution in [0.15, 0.2) is 22.8 Å². The fraction of sp³-hybridized carbons (Fsp3) is 0.750. The Bertz CT molecular complexity index is 769. The van der Waals surface area contributed by atoms with Crippen LogP contribution in [0.2, 0.25) is 0 Å². The van der Waals surface area contributed by atoms with Crippen LogP contribution >= 0.6 is 0 Å². The standard InChI is InChI=1S/C24H38N2O6/c1-4-11-25-22(30)32-20-9-10-23(2)17(13-21(29)26-14-16-6-5-12-31-16)18(28)7-8-19(23)24(20,3)15-27/h5-6,12,17-20,27-28H,4,7-11,13-15H2,1-3H3,(H,25,30)(H,26,29)/t17-,18-,19+,20+,23-,24+/m1/s1. The Kier molecular flexibility index (Phi) is 7.88. The lowest BCUT2D eigenvalue weighted by atomic mass is 9.46. The number of nitrogens with one attached hydrogen (secondary N) is 2. The topological polar surface area (TPSA) is 121 Å². The first-order valence-corrected chi connectivity index (χ1v) is 11.8. The second-order valence-corrected chi connectivity index (χ2v) is 9.89. The van der Waals surface area contributed by atoms with E-state index in [-0.39, 0.29) is 36.2 Å². The summed E-state index contributed by atoms with van der Waals surface area (Å²) in [5.74, 6) is 0.330. The first-order chi connectivity index (χ1) is 15.2. The Morgan fingerprint density at radius 3 is 2.69 bits per heavy atom. The molecule has 2 amide bonds. The first kappa shape index (κ1) is 24.6. The molecule has 2 aliphatic carbocycles. The van der Waals surface area contributed by atoms with Crippen molar-refractivity contribution in [3.05, 3.63) is 24.2 Å². The molecule has 0 aliphatic heterocycles. The fourth-order valence-corrected chi connectivity index (χ4v) is 6.05. The molecular weight excluding hydrogens is 412 g/mol. The van der Waals surface area contributed by atoms with Crippen molar-refractivity contribution in [3.8, 4) is 0 Å². The highest BCUT2D eigenvalue weighted by atomic mass is 16.6. The summed E-state index contributed by atoms with van der Waals surface area (Å²) in [5, 5.41) is 26.9. The zero-order chi connectivity index (χ0) is 23.4. The van der Waals surface area contributed by atoms with Gasteiger partial charge in [-0.05, 0) is 61.5 Å². The molecule has 32 heavy (non-hydrogen) atoms. The molecule has 1 heterocycles. The zero-order valence-corrected chi connectivity index (χ0v) is 19.4. The van der Waals surface area contributed by atoms with Gasteiger partial charge >= 0.3 is 6.09 Å². The molecule has 0 bridgehead atoms. The number of amides is 2. The average Bonchev–Trinajstić information content (AvgIpc) is 3.29. The van der Waals surface area contributed by atoms with Gasteiger partial charge in [-0.25, -0.2) is 4.79 Å². The van der Waals surface area contributed by atoms with Crippen molar-refractivity contribution in [1.82, 2.24) is 10.6 Å². The fourth-order valence-electron chi connectivity index (χ4n) is 6.05. The zero-order valence-electron chi connectivity index (χ0n) is 19.4. The van der Waals surface area contributed by atoms with Crippen molar-refractivity contribution in [2.24, 2.45) is 22.7 Å². The van der Waals surface area contributed by atoms with E-state index >= 15 is 0 Å². The summed E-state index contributed by atoms with van der Waals surface area (Å²) in [5.41, 5.74) is -0.990. The number of aliphatic hydroxyl groups excluding tert-OH is 2. The molecule has 0 unspecified atom stereocenters. The number of hydrogen-bond acceptors (Lipinski definition) is 6. The molecule has 180 valence electrons. The Morgan fingerprint density at radius 2 is 2.03 bits per heavy atom. The van der Waals surface area contributed by atoms with Crippen LogP contribution in [0.25, 0.3) is 0 Å². The highest BCUT2D eigenvalue weighted by Gasteiger charge is 2.60. The van der Waals surface area contributed by atoms with Gasteiger partial charge in [0.2, 0.25) is 5.91 Å². The molecule has 0 radical (unpaired) electrons. The third-order valence-corrected chi connectivity index (χ3v) is 7.89. The molecule has 1 aromatic rings. The lowest BCUT2D eigenvalue weighted by Gasteiger charge is -2.60. The van der Waals surface area contributed by atoms with E-state index in [1.54, 1.807) is 18.4 Å². The van der Waals surface area contributed by atoms with Gasteiger partial charge in [-0.2, -0.15) is 0 Å². The highest BCUT2D eigenvalue weighted by Crippen LogP contribution is 2.61. The summed E-state index contributed by atoms with van der Waals surface area (Å²) in [4.78, 5) is 24.9. The molecule has 8 heteroatoms. The van der Waals surface area contributed by atoms with Gasteiger partial charge in [0.05, 0.1) is 25.5 Å².